The standard InChI is InChI=1S/C15H19N/c1-3-12(2)14-10-6-7-11-15(14)16-13-8-4-5-9-13/h3,6-7,10-11H,4-5,8-9H2,1-2H3. The van der Waals surface area contributed by atoms with Gasteiger partial charge in [0.1, 0.15) is 0 Å². The van der Waals surface area contributed by atoms with Crippen LogP contribution in [0.5, 0.6) is 0 Å². The summed E-state index contributed by atoms with van der Waals surface area (Å²) >= 11 is 0. The van der Waals surface area contributed by atoms with E-state index in [2.05, 4.69) is 44.2 Å². The number of hydrogen-bond donors (Lipinski definition) is 0. The number of para-hydroxylation sites is 1. The lowest BCUT2D eigenvalue weighted by molar-refractivity contribution is 0.886. The van der Waals surface area contributed by atoms with E-state index in [-0.39, 0.29) is 0 Å². The van der Waals surface area contributed by atoms with Crippen LogP contribution >= 0.6 is 0 Å². The third-order valence-corrected chi connectivity index (χ3v) is 3.22. The van der Waals surface area contributed by atoms with Crippen LogP contribution in [0.2, 0.25) is 0 Å². The molecule has 0 amide bonds. The Hall–Kier alpha value is -1.37. The molecule has 0 aliphatic heterocycles. The minimum Gasteiger partial charge on any atom is -0.257 e. The Morgan fingerprint density at radius 2 is 1.88 bits per heavy atom. The molecule has 1 aromatic rings. The summed E-state index contributed by atoms with van der Waals surface area (Å²) < 4.78 is 0. The van der Waals surface area contributed by atoms with Crippen LogP contribution in [0.3, 0.4) is 0 Å². The molecule has 1 aliphatic rings. The number of allylic oxidation sites excluding steroid dienone is 2. The highest BCUT2D eigenvalue weighted by molar-refractivity contribution is 5.90. The van der Waals surface area contributed by atoms with Crippen LogP contribution in [-0.2, 0) is 0 Å². The zero-order valence-electron chi connectivity index (χ0n) is 10.2. The van der Waals surface area contributed by atoms with Gasteiger partial charge in [-0.25, -0.2) is 0 Å². The van der Waals surface area contributed by atoms with Crippen molar-refractivity contribution >= 4 is 17.0 Å². The van der Waals surface area contributed by atoms with Crippen molar-refractivity contribution in [3.8, 4) is 0 Å². The molecule has 0 atom stereocenters. The average molecular weight is 213 g/mol. The Kier molecular flexibility index (Phi) is 3.55. The molecule has 1 saturated carbocycles. The fourth-order valence-corrected chi connectivity index (χ4v) is 2.13. The molecule has 0 bridgehead atoms. The lowest BCUT2D eigenvalue weighted by atomic mass is 10.1. The van der Waals surface area contributed by atoms with Crippen molar-refractivity contribution in [2.24, 2.45) is 4.99 Å². The Bertz CT molecular complexity index is 419. The van der Waals surface area contributed by atoms with Crippen LogP contribution in [0.4, 0.5) is 5.69 Å². The van der Waals surface area contributed by atoms with Gasteiger partial charge in [0, 0.05) is 11.3 Å². The van der Waals surface area contributed by atoms with Gasteiger partial charge in [-0.05, 0) is 51.2 Å². The largest absolute Gasteiger partial charge is 0.257 e. The second-order valence-corrected chi connectivity index (χ2v) is 4.37. The van der Waals surface area contributed by atoms with E-state index in [1.54, 1.807) is 0 Å². The molecule has 1 aromatic carbocycles. The van der Waals surface area contributed by atoms with E-state index in [0.29, 0.717) is 0 Å². The van der Waals surface area contributed by atoms with Crippen molar-refractivity contribution in [1.29, 1.82) is 0 Å². The van der Waals surface area contributed by atoms with E-state index in [1.165, 1.54) is 42.5 Å². The molecule has 1 aliphatic carbocycles. The number of hydrogen-bond acceptors (Lipinski definition) is 1. The summed E-state index contributed by atoms with van der Waals surface area (Å²) in [4.78, 5) is 4.80. The number of rotatable bonds is 2. The van der Waals surface area contributed by atoms with Crippen molar-refractivity contribution in [3.63, 3.8) is 0 Å². The highest BCUT2D eigenvalue weighted by Gasteiger charge is 2.09. The Morgan fingerprint density at radius 1 is 1.19 bits per heavy atom. The van der Waals surface area contributed by atoms with E-state index in [9.17, 15) is 0 Å². The molecular formula is C15H19N. The Balaban J connectivity index is 2.36. The summed E-state index contributed by atoms with van der Waals surface area (Å²) in [6.45, 7) is 4.22. The molecule has 0 saturated heterocycles. The molecule has 16 heavy (non-hydrogen) atoms. The Morgan fingerprint density at radius 3 is 2.56 bits per heavy atom. The topological polar surface area (TPSA) is 12.4 Å². The zero-order chi connectivity index (χ0) is 11.4. The monoisotopic (exact) mass is 213 g/mol. The Labute approximate surface area is 97.9 Å². The maximum absolute atomic E-state index is 4.80. The predicted octanol–water partition coefficient (Wildman–Crippen LogP) is 4.76. The summed E-state index contributed by atoms with van der Waals surface area (Å²) in [6.07, 6.45) is 7.13. The first kappa shape index (κ1) is 11.1. The maximum Gasteiger partial charge on any atom is 0.0703 e. The number of nitrogens with zero attached hydrogens (tertiary/aromatic N) is 1. The van der Waals surface area contributed by atoms with Crippen LogP contribution in [0.25, 0.3) is 5.57 Å². The molecule has 1 nitrogen and oxygen atoms in total. The van der Waals surface area contributed by atoms with Gasteiger partial charge in [0.25, 0.3) is 0 Å². The lowest BCUT2D eigenvalue weighted by Crippen LogP contribution is -1.88. The van der Waals surface area contributed by atoms with Crippen LogP contribution < -0.4 is 0 Å². The minimum absolute atomic E-state index is 1.13. The van der Waals surface area contributed by atoms with Crippen molar-refractivity contribution in [3.05, 3.63) is 35.9 Å². The molecule has 84 valence electrons. The van der Waals surface area contributed by atoms with Crippen LogP contribution in [-0.4, -0.2) is 5.71 Å². The van der Waals surface area contributed by atoms with Gasteiger partial charge in [-0.3, -0.25) is 4.99 Å². The lowest BCUT2D eigenvalue weighted by Gasteiger charge is -2.06. The van der Waals surface area contributed by atoms with Crippen molar-refractivity contribution in [1.82, 2.24) is 0 Å². The molecule has 0 N–H and O–H groups in total. The van der Waals surface area contributed by atoms with Gasteiger partial charge in [-0.15, -0.1) is 0 Å². The van der Waals surface area contributed by atoms with Gasteiger partial charge in [0.05, 0.1) is 5.69 Å². The van der Waals surface area contributed by atoms with Crippen molar-refractivity contribution in [2.75, 3.05) is 0 Å². The zero-order valence-corrected chi connectivity index (χ0v) is 10.2. The summed E-state index contributed by atoms with van der Waals surface area (Å²) in [7, 11) is 0. The minimum atomic E-state index is 1.13. The highest BCUT2D eigenvalue weighted by atomic mass is 14.8. The van der Waals surface area contributed by atoms with Gasteiger partial charge in [0.2, 0.25) is 0 Å². The van der Waals surface area contributed by atoms with Crippen LogP contribution in [0.1, 0.15) is 45.1 Å². The molecular weight excluding hydrogens is 194 g/mol. The predicted molar refractivity (Wildman–Crippen MR) is 71.3 cm³/mol. The average Bonchev–Trinajstić information content (AvgIpc) is 2.82. The summed E-state index contributed by atoms with van der Waals surface area (Å²) in [5.74, 6) is 0. The SMILES string of the molecule is CC=C(C)c1ccccc1N=C1CCCC1. The highest BCUT2D eigenvalue weighted by Crippen LogP contribution is 2.28. The molecule has 0 unspecified atom stereocenters. The van der Waals surface area contributed by atoms with Gasteiger partial charge in [0.15, 0.2) is 0 Å². The molecule has 0 spiro atoms. The summed E-state index contributed by atoms with van der Waals surface area (Å²) in [6, 6.07) is 8.43. The fourth-order valence-electron chi connectivity index (χ4n) is 2.13. The van der Waals surface area contributed by atoms with E-state index in [1.807, 2.05) is 0 Å². The third-order valence-electron chi connectivity index (χ3n) is 3.22. The van der Waals surface area contributed by atoms with E-state index < -0.39 is 0 Å². The quantitative estimate of drug-likeness (QED) is 0.672. The fraction of sp³-hybridized carbons (Fsp3) is 0.400. The molecule has 0 heterocycles. The number of aliphatic imine (C=N–C) groups is 1. The van der Waals surface area contributed by atoms with E-state index in [0.717, 1.165) is 5.69 Å². The van der Waals surface area contributed by atoms with Gasteiger partial charge < -0.3 is 0 Å². The maximum atomic E-state index is 4.80. The molecule has 1 fully saturated rings. The van der Waals surface area contributed by atoms with E-state index in [4.69, 9.17) is 4.99 Å². The first-order valence-corrected chi connectivity index (χ1v) is 6.10. The third kappa shape index (κ3) is 2.41. The molecule has 1 heteroatoms. The van der Waals surface area contributed by atoms with Crippen LogP contribution in [0, 0.1) is 0 Å². The smallest absolute Gasteiger partial charge is 0.0703 e. The normalized spacial score (nSPS) is 16.6. The molecule has 2 rings (SSSR count). The second kappa shape index (κ2) is 5.11. The van der Waals surface area contributed by atoms with Crippen molar-refractivity contribution in [2.45, 2.75) is 39.5 Å². The van der Waals surface area contributed by atoms with Gasteiger partial charge in [-0.2, -0.15) is 0 Å². The summed E-state index contributed by atoms with van der Waals surface area (Å²) in [5, 5.41) is 0. The summed E-state index contributed by atoms with van der Waals surface area (Å²) in [5.41, 5.74) is 5.08. The van der Waals surface area contributed by atoms with Crippen molar-refractivity contribution < 1.29 is 0 Å². The first-order chi connectivity index (χ1) is 7.81. The van der Waals surface area contributed by atoms with Gasteiger partial charge >= 0.3 is 0 Å². The number of benzene rings is 1. The first-order valence-electron chi connectivity index (χ1n) is 6.10. The molecule has 0 aromatic heterocycles. The molecule has 0 radical (unpaired) electrons. The van der Waals surface area contributed by atoms with Gasteiger partial charge in [-0.1, -0.05) is 24.3 Å². The second-order valence-electron chi connectivity index (χ2n) is 4.37. The van der Waals surface area contributed by atoms with Crippen LogP contribution in [0.15, 0.2) is 35.3 Å². The van der Waals surface area contributed by atoms with E-state index >= 15 is 0 Å².